The second-order valence-electron chi connectivity index (χ2n) is 2.40. The fourth-order valence-electron chi connectivity index (χ4n) is 0.731. The molecule has 0 saturated heterocycles. The van der Waals surface area contributed by atoms with E-state index in [-0.39, 0.29) is 12.4 Å². The lowest BCUT2D eigenvalue weighted by atomic mass is 10.3. The smallest absolute Gasteiger partial charge is 0.311 e. The van der Waals surface area contributed by atoms with Gasteiger partial charge in [0.05, 0.1) is 24.9 Å². The standard InChI is InChI=1S/C8H10N2O2/c1-6-4-10-7(5-9-6)3-8(11)12-2/h4-5H,3H2,1-2H3. The lowest BCUT2D eigenvalue weighted by molar-refractivity contribution is -0.139. The van der Waals surface area contributed by atoms with Crippen molar-refractivity contribution >= 4 is 5.97 Å². The molecule has 0 N–H and O–H groups in total. The minimum absolute atomic E-state index is 0.184. The third-order valence-electron chi connectivity index (χ3n) is 1.39. The molecule has 0 unspecified atom stereocenters. The van der Waals surface area contributed by atoms with Crippen LogP contribution in [-0.2, 0) is 16.0 Å². The number of hydrogen-bond acceptors (Lipinski definition) is 4. The summed E-state index contributed by atoms with van der Waals surface area (Å²) >= 11 is 0. The van der Waals surface area contributed by atoms with Crippen LogP contribution in [0.1, 0.15) is 11.4 Å². The third-order valence-corrected chi connectivity index (χ3v) is 1.39. The van der Waals surface area contributed by atoms with Gasteiger partial charge in [0.15, 0.2) is 0 Å². The molecule has 4 nitrogen and oxygen atoms in total. The molecule has 0 fully saturated rings. The Hall–Kier alpha value is -1.45. The van der Waals surface area contributed by atoms with Crippen LogP contribution in [0, 0.1) is 6.92 Å². The molecule has 4 heteroatoms. The van der Waals surface area contributed by atoms with E-state index in [1.54, 1.807) is 12.4 Å². The van der Waals surface area contributed by atoms with Gasteiger partial charge in [0, 0.05) is 12.4 Å². The van der Waals surface area contributed by atoms with Gasteiger partial charge < -0.3 is 4.74 Å². The molecule has 0 amide bonds. The number of nitrogens with zero attached hydrogens (tertiary/aromatic N) is 2. The highest BCUT2D eigenvalue weighted by Gasteiger charge is 2.03. The van der Waals surface area contributed by atoms with Crippen LogP contribution < -0.4 is 0 Å². The zero-order chi connectivity index (χ0) is 8.97. The average Bonchev–Trinajstić information content (AvgIpc) is 2.09. The van der Waals surface area contributed by atoms with Gasteiger partial charge >= 0.3 is 5.97 Å². The molecule has 0 radical (unpaired) electrons. The number of rotatable bonds is 2. The zero-order valence-corrected chi connectivity index (χ0v) is 7.07. The van der Waals surface area contributed by atoms with Gasteiger partial charge in [-0.2, -0.15) is 0 Å². The summed E-state index contributed by atoms with van der Waals surface area (Å²) in [4.78, 5) is 18.8. The Morgan fingerprint density at radius 2 is 2.25 bits per heavy atom. The van der Waals surface area contributed by atoms with E-state index < -0.39 is 0 Å². The molecule has 0 atom stereocenters. The van der Waals surface area contributed by atoms with E-state index in [0.29, 0.717) is 5.69 Å². The van der Waals surface area contributed by atoms with E-state index in [4.69, 9.17) is 0 Å². The minimum Gasteiger partial charge on any atom is -0.469 e. The van der Waals surface area contributed by atoms with Crippen LogP contribution in [0.25, 0.3) is 0 Å². The molecule has 0 bridgehead atoms. The van der Waals surface area contributed by atoms with Crippen molar-refractivity contribution in [3.8, 4) is 0 Å². The first-order valence-electron chi connectivity index (χ1n) is 3.56. The first kappa shape index (κ1) is 8.64. The topological polar surface area (TPSA) is 52.1 Å². The van der Waals surface area contributed by atoms with E-state index in [1.807, 2.05) is 6.92 Å². The van der Waals surface area contributed by atoms with Crippen LogP contribution in [0.4, 0.5) is 0 Å². The van der Waals surface area contributed by atoms with Crippen LogP contribution in [-0.4, -0.2) is 23.0 Å². The van der Waals surface area contributed by atoms with Crippen LogP contribution in [0.15, 0.2) is 12.4 Å². The maximum atomic E-state index is 10.8. The molecule has 0 saturated carbocycles. The Morgan fingerprint density at radius 3 is 2.75 bits per heavy atom. The molecule has 0 spiro atoms. The summed E-state index contributed by atoms with van der Waals surface area (Å²) in [5.41, 5.74) is 1.47. The number of hydrogen-bond donors (Lipinski definition) is 0. The van der Waals surface area contributed by atoms with Gasteiger partial charge in [0.25, 0.3) is 0 Å². The predicted octanol–water partition coefficient (Wildman–Crippen LogP) is 0.501. The highest BCUT2D eigenvalue weighted by atomic mass is 16.5. The fourth-order valence-corrected chi connectivity index (χ4v) is 0.731. The van der Waals surface area contributed by atoms with E-state index in [0.717, 1.165) is 5.69 Å². The van der Waals surface area contributed by atoms with Crippen molar-refractivity contribution in [2.45, 2.75) is 13.3 Å². The summed E-state index contributed by atoms with van der Waals surface area (Å²) in [7, 11) is 1.35. The first-order chi connectivity index (χ1) is 5.72. The number of carbonyl (C=O) groups excluding carboxylic acids is 1. The Labute approximate surface area is 70.6 Å². The highest BCUT2D eigenvalue weighted by molar-refractivity contribution is 5.71. The minimum atomic E-state index is -0.298. The van der Waals surface area contributed by atoms with Crippen molar-refractivity contribution in [1.29, 1.82) is 0 Å². The largest absolute Gasteiger partial charge is 0.469 e. The molecule has 0 aromatic carbocycles. The van der Waals surface area contributed by atoms with Crippen molar-refractivity contribution < 1.29 is 9.53 Å². The van der Waals surface area contributed by atoms with Crippen LogP contribution in [0.5, 0.6) is 0 Å². The molecular formula is C8H10N2O2. The van der Waals surface area contributed by atoms with Gasteiger partial charge in [-0.05, 0) is 6.92 Å². The summed E-state index contributed by atoms with van der Waals surface area (Å²) in [5.74, 6) is -0.298. The lowest BCUT2D eigenvalue weighted by Gasteiger charge is -1.98. The number of aryl methyl sites for hydroxylation is 1. The highest BCUT2D eigenvalue weighted by Crippen LogP contribution is 1.95. The number of carbonyl (C=O) groups is 1. The van der Waals surface area contributed by atoms with Crippen LogP contribution in [0.3, 0.4) is 0 Å². The van der Waals surface area contributed by atoms with Crippen molar-refractivity contribution in [2.24, 2.45) is 0 Å². The molecule has 1 rings (SSSR count). The van der Waals surface area contributed by atoms with Crippen LogP contribution in [0.2, 0.25) is 0 Å². The van der Waals surface area contributed by atoms with E-state index in [2.05, 4.69) is 14.7 Å². The fraction of sp³-hybridized carbons (Fsp3) is 0.375. The van der Waals surface area contributed by atoms with Crippen molar-refractivity contribution in [2.75, 3.05) is 7.11 Å². The molecule has 1 aromatic heterocycles. The second-order valence-corrected chi connectivity index (χ2v) is 2.40. The normalized spacial score (nSPS) is 9.50. The number of aromatic nitrogens is 2. The van der Waals surface area contributed by atoms with E-state index in [1.165, 1.54) is 7.11 Å². The van der Waals surface area contributed by atoms with Gasteiger partial charge in [-0.3, -0.25) is 14.8 Å². The Balaban J connectivity index is 2.64. The molecule has 1 aromatic rings. The van der Waals surface area contributed by atoms with Gasteiger partial charge in [0.2, 0.25) is 0 Å². The van der Waals surface area contributed by atoms with Gasteiger partial charge in [0.1, 0.15) is 0 Å². The van der Waals surface area contributed by atoms with Crippen molar-refractivity contribution in [3.63, 3.8) is 0 Å². The summed E-state index contributed by atoms with van der Waals surface area (Å²) < 4.78 is 4.48. The lowest BCUT2D eigenvalue weighted by Crippen LogP contribution is -2.06. The van der Waals surface area contributed by atoms with Crippen molar-refractivity contribution in [1.82, 2.24) is 9.97 Å². The maximum absolute atomic E-state index is 10.8. The predicted molar refractivity (Wildman–Crippen MR) is 42.5 cm³/mol. The Morgan fingerprint density at radius 1 is 1.50 bits per heavy atom. The molecule has 1 heterocycles. The Bertz CT molecular complexity index is 269. The molecule has 12 heavy (non-hydrogen) atoms. The number of ether oxygens (including phenoxy) is 1. The molecule has 0 aliphatic carbocycles. The number of methoxy groups -OCH3 is 1. The molecular weight excluding hydrogens is 156 g/mol. The summed E-state index contributed by atoms with van der Waals surface area (Å²) in [6, 6.07) is 0. The SMILES string of the molecule is COC(=O)Cc1cnc(C)cn1. The van der Waals surface area contributed by atoms with Crippen LogP contribution >= 0.6 is 0 Å². The first-order valence-corrected chi connectivity index (χ1v) is 3.56. The van der Waals surface area contributed by atoms with Gasteiger partial charge in [-0.15, -0.1) is 0 Å². The second kappa shape index (κ2) is 3.80. The maximum Gasteiger partial charge on any atom is 0.311 e. The quantitative estimate of drug-likeness (QED) is 0.600. The molecule has 64 valence electrons. The molecule has 0 aliphatic heterocycles. The summed E-state index contributed by atoms with van der Waals surface area (Å²) in [6.07, 6.45) is 3.38. The van der Waals surface area contributed by atoms with E-state index >= 15 is 0 Å². The summed E-state index contributed by atoms with van der Waals surface area (Å²) in [6.45, 7) is 1.84. The van der Waals surface area contributed by atoms with Gasteiger partial charge in [-0.25, -0.2) is 0 Å². The number of esters is 1. The average molecular weight is 166 g/mol. The monoisotopic (exact) mass is 166 g/mol. The van der Waals surface area contributed by atoms with E-state index in [9.17, 15) is 4.79 Å². The Kier molecular flexibility index (Phi) is 2.74. The molecule has 0 aliphatic rings. The third kappa shape index (κ3) is 2.30. The summed E-state index contributed by atoms with van der Waals surface area (Å²) in [5, 5.41) is 0. The zero-order valence-electron chi connectivity index (χ0n) is 7.07. The van der Waals surface area contributed by atoms with Gasteiger partial charge in [-0.1, -0.05) is 0 Å². The van der Waals surface area contributed by atoms with Crippen molar-refractivity contribution in [3.05, 3.63) is 23.8 Å².